The van der Waals surface area contributed by atoms with Crippen LogP contribution in [0.3, 0.4) is 0 Å². The Balaban J connectivity index is 2.13. The Morgan fingerprint density at radius 3 is 2.81 bits per heavy atom. The standard InChI is InChI=1S/C15H14N4O2/c1-9-12(15(20)21-2)5-6-14(18-9)19-13-7-11(16)4-3-10(13)8-17-19/h3-8H,16H2,1-2H3. The van der Waals surface area contributed by atoms with Gasteiger partial charge in [0.05, 0.1) is 30.1 Å². The highest BCUT2D eigenvalue weighted by atomic mass is 16.5. The van der Waals surface area contributed by atoms with Crippen molar-refractivity contribution >= 4 is 22.6 Å². The molecule has 0 amide bonds. The number of esters is 1. The number of rotatable bonds is 2. The highest BCUT2D eigenvalue weighted by Gasteiger charge is 2.13. The molecule has 6 nitrogen and oxygen atoms in total. The molecule has 0 saturated heterocycles. The smallest absolute Gasteiger partial charge is 0.339 e. The summed E-state index contributed by atoms with van der Waals surface area (Å²) in [5.41, 5.74) is 8.38. The van der Waals surface area contributed by atoms with E-state index in [1.165, 1.54) is 7.11 Å². The SMILES string of the molecule is COC(=O)c1ccc(-n2ncc3ccc(N)cc32)nc1C. The largest absolute Gasteiger partial charge is 0.465 e. The van der Waals surface area contributed by atoms with E-state index in [2.05, 4.69) is 10.1 Å². The molecular weight excluding hydrogens is 268 g/mol. The lowest BCUT2D eigenvalue weighted by atomic mass is 10.2. The Morgan fingerprint density at radius 2 is 2.10 bits per heavy atom. The van der Waals surface area contributed by atoms with Crippen molar-refractivity contribution in [3.05, 3.63) is 47.8 Å². The van der Waals surface area contributed by atoms with E-state index in [1.807, 2.05) is 18.2 Å². The minimum Gasteiger partial charge on any atom is -0.465 e. The number of anilines is 1. The van der Waals surface area contributed by atoms with Gasteiger partial charge in [-0.2, -0.15) is 5.10 Å². The summed E-state index contributed by atoms with van der Waals surface area (Å²) in [7, 11) is 1.35. The summed E-state index contributed by atoms with van der Waals surface area (Å²) in [6.45, 7) is 1.76. The lowest BCUT2D eigenvalue weighted by Crippen LogP contribution is -2.08. The van der Waals surface area contributed by atoms with E-state index in [9.17, 15) is 4.79 Å². The number of aromatic nitrogens is 3. The minimum atomic E-state index is -0.402. The van der Waals surface area contributed by atoms with Crippen LogP contribution in [0.15, 0.2) is 36.5 Å². The van der Waals surface area contributed by atoms with E-state index in [1.54, 1.807) is 29.9 Å². The van der Waals surface area contributed by atoms with Gasteiger partial charge in [-0.05, 0) is 37.3 Å². The van der Waals surface area contributed by atoms with Crippen LogP contribution in [0.1, 0.15) is 16.1 Å². The van der Waals surface area contributed by atoms with Gasteiger partial charge < -0.3 is 10.5 Å². The summed E-state index contributed by atoms with van der Waals surface area (Å²) in [4.78, 5) is 16.0. The van der Waals surface area contributed by atoms with Crippen LogP contribution in [0.5, 0.6) is 0 Å². The van der Waals surface area contributed by atoms with Crippen LogP contribution in [-0.4, -0.2) is 27.8 Å². The fraction of sp³-hybridized carbons (Fsp3) is 0.133. The molecule has 0 spiro atoms. The first kappa shape index (κ1) is 13.1. The van der Waals surface area contributed by atoms with Gasteiger partial charge in [0.2, 0.25) is 0 Å². The van der Waals surface area contributed by atoms with Crippen molar-refractivity contribution in [3.63, 3.8) is 0 Å². The molecular formula is C15H14N4O2. The first-order valence-electron chi connectivity index (χ1n) is 6.40. The van der Waals surface area contributed by atoms with Crippen LogP contribution < -0.4 is 5.73 Å². The molecule has 0 atom stereocenters. The van der Waals surface area contributed by atoms with E-state index >= 15 is 0 Å². The Labute approximate surface area is 121 Å². The van der Waals surface area contributed by atoms with Crippen molar-refractivity contribution < 1.29 is 9.53 Å². The number of carbonyl (C=O) groups is 1. The molecule has 21 heavy (non-hydrogen) atoms. The van der Waals surface area contributed by atoms with E-state index in [-0.39, 0.29) is 0 Å². The first-order chi connectivity index (χ1) is 10.1. The Kier molecular flexibility index (Phi) is 3.06. The van der Waals surface area contributed by atoms with Gasteiger partial charge in [0.15, 0.2) is 5.82 Å². The zero-order valence-electron chi connectivity index (χ0n) is 11.7. The van der Waals surface area contributed by atoms with E-state index in [4.69, 9.17) is 10.5 Å². The predicted octanol–water partition coefficient (Wildman–Crippen LogP) is 2.10. The predicted molar refractivity (Wildman–Crippen MR) is 79.4 cm³/mol. The highest BCUT2D eigenvalue weighted by Crippen LogP contribution is 2.20. The molecule has 0 aliphatic rings. The molecule has 106 valence electrons. The number of carbonyl (C=O) groups excluding carboxylic acids is 1. The molecule has 2 heterocycles. The molecule has 2 N–H and O–H groups in total. The van der Waals surface area contributed by atoms with Crippen LogP contribution in [0.4, 0.5) is 5.69 Å². The van der Waals surface area contributed by atoms with Crippen LogP contribution in [0.2, 0.25) is 0 Å². The molecule has 0 aliphatic carbocycles. The second-order valence-electron chi connectivity index (χ2n) is 4.67. The van der Waals surface area contributed by atoms with Crippen molar-refractivity contribution in [2.24, 2.45) is 0 Å². The van der Waals surface area contributed by atoms with Gasteiger partial charge >= 0.3 is 5.97 Å². The summed E-state index contributed by atoms with van der Waals surface area (Å²) in [6, 6.07) is 8.99. The van der Waals surface area contributed by atoms with Gasteiger partial charge in [-0.25, -0.2) is 14.5 Å². The maximum atomic E-state index is 11.6. The lowest BCUT2D eigenvalue weighted by molar-refractivity contribution is 0.0599. The number of pyridine rings is 1. The quantitative estimate of drug-likeness (QED) is 0.575. The number of hydrogen-bond acceptors (Lipinski definition) is 5. The Hall–Kier alpha value is -2.89. The molecule has 0 saturated carbocycles. The van der Waals surface area contributed by atoms with Crippen LogP contribution in [0.25, 0.3) is 16.7 Å². The number of methoxy groups -OCH3 is 1. The van der Waals surface area contributed by atoms with Crippen molar-refractivity contribution in [3.8, 4) is 5.82 Å². The number of nitrogens with zero attached hydrogens (tertiary/aromatic N) is 3. The van der Waals surface area contributed by atoms with Gasteiger partial charge in [-0.1, -0.05) is 0 Å². The topological polar surface area (TPSA) is 83.0 Å². The average molecular weight is 282 g/mol. The molecule has 3 rings (SSSR count). The zero-order valence-corrected chi connectivity index (χ0v) is 11.7. The molecule has 3 aromatic rings. The number of benzene rings is 1. The molecule has 0 unspecified atom stereocenters. The van der Waals surface area contributed by atoms with Gasteiger partial charge in [-0.15, -0.1) is 0 Å². The van der Waals surface area contributed by atoms with Crippen LogP contribution in [-0.2, 0) is 4.74 Å². The van der Waals surface area contributed by atoms with Gasteiger partial charge in [-0.3, -0.25) is 0 Å². The number of aryl methyl sites for hydroxylation is 1. The van der Waals surface area contributed by atoms with Gasteiger partial charge in [0.1, 0.15) is 0 Å². The maximum Gasteiger partial charge on any atom is 0.339 e. The number of nitrogens with two attached hydrogens (primary N) is 1. The Bertz CT molecular complexity index is 839. The fourth-order valence-corrected chi connectivity index (χ4v) is 2.21. The molecule has 0 fully saturated rings. The minimum absolute atomic E-state index is 0.402. The fourth-order valence-electron chi connectivity index (χ4n) is 2.21. The molecule has 0 radical (unpaired) electrons. The van der Waals surface area contributed by atoms with Crippen molar-refractivity contribution in [1.82, 2.24) is 14.8 Å². The molecule has 0 aliphatic heterocycles. The lowest BCUT2D eigenvalue weighted by Gasteiger charge is -2.07. The van der Waals surface area contributed by atoms with Crippen molar-refractivity contribution in [2.75, 3.05) is 12.8 Å². The third-order valence-electron chi connectivity index (χ3n) is 3.29. The molecule has 1 aromatic carbocycles. The summed E-state index contributed by atoms with van der Waals surface area (Å²) >= 11 is 0. The second-order valence-corrected chi connectivity index (χ2v) is 4.67. The molecule has 6 heteroatoms. The summed E-state index contributed by atoms with van der Waals surface area (Å²) in [5.74, 6) is 0.224. The second kappa shape index (κ2) is 4.90. The van der Waals surface area contributed by atoms with E-state index in [0.29, 0.717) is 22.8 Å². The number of ether oxygens (including phenoxy) is 1. The van der Waals surface area contributed by atoms with Crippen molar-refractivity contribution in [2.45, 2.75) is 6.92 Å². The maximum absolute atomic E-state index is 11.6. The number of fused-ring (bicyclic) bond motifs is 1. The molecule has 0 bridgehead atoms. The van der Waals surface area contributed by atoms with E-state index in [0.717, 1.165) is 10.9 Å². The molecule has 2 aromatic heterocycles. The summed E-state index contributed by atoms with van der Waals surface area (Å²) in [5, 5.41) is 5.30. The summed E-state index contributed by atoms with van der Waals surface area (Å²) in [6.07, 6.45) is 1.75. The number of nitrogen functional groups attached to an aromatic ring is 1. The highest BCUT2D eigenvalue weighted by molar-refractivity contribution is 5.90. The van der Waals surface area contributed by atoms with Gasteiger partial charge in [0, 0.05) is 11.1 Å². The normalized spacial score (nSPS) is 10.8. The first-order valence-corrected chi connectivity index (χ1v) is 6.40. The third-order valence-corrected chi connectivity index (χ3v) is 3.29. The Morgan fingerprint density at radius 1 is 1.29 bits per heavy atom. The van der Waals surface area contributed by atoms with Gasteiger partial charge in [0.25, 0.3) is 0 Å². The van der Waals surface area contributed by atoms with E-state index < -0.39 is 5.97 Å². The summed E-state index contributed by atoms with van der Waals surface area (Å²) < 4.78 is 6.41. The monoisotopic (exact) mass is 282 g/mol. The van der Waals surface area contributed by atoms with Crippen LogP contribution >= 0.6 is 0 Å². The zero-order chi connectivity index (χ0) is 15.0. The average Bonchev–Trinajstić information content (AvgIpc) is 2.89. The van der Waals surface area contributed by atoms with Crippen LogP contribution in [0, 0.1) is 6.92 Å². The third kappa shape index (κ3) is 2.20. The number of hydrogen-bond donors (Lipinski definition) is 1. The van der Waals surface area contributed by atoms with Crippen molar-refractivity contribution in [1.29, 1.82) is 0 Å².